The molecule has 1 fully saturated rings. The van der Waals surface area contributed by atoms with Crippen molar-refractivity contribution in [3.05, 3.63) is 0 Å². The van der Waals surface area contributed by atoms with Crippen LogP contribution >= 0.6 is 0 Å². The Morgan fingerprint density at radius 1 is 1.33 bits per heavy atom. The lowest BCUT2D eigenvalue weighted by molar-refractivity contribution is 0.0524. The van der Waals surface area contributed by atoms with Gasteiger partial charge in [0.25, 0.3) is 0 Å². The number of hydrogen-bond acceptors (Lipinski definition) is 4. The molecule has 18 heavy (non-hydrogen) atoms. The van der Waals surface area contributed by atoms with Crippen LogP contribution in [0.3, 0.4) is 0 Å². The van der Waals surface area contributed by atoms with E-state index in [1.807, 2.05) is 6.92 Å². The van der Waals surface area contributed by atoms with Crippen LogP contribution in [0.5, 0.6) is 0 Å². The molecule has 0 aliphatic carbocycles. The zero-order valence-electron chi connectivity index (χ0n) is 12.4. The summed E-state index contributed by atoms with van der Waals surface area (Å²) in [7, 11) is 4.31. The second-order valence-corrected chi connectivity index (χ2v) is 6.35. The molecule has 108 valence electrons. The van der Waals surface area contributed by atoms with Crippen LogP contribution in [0.4, 0.5) is 0 Å². The maximum absolute atomic E-state index is 9.84. The van der Waals surface area contributed by atoms with Gasteiger partial charge in [0, 0.05) is 13.1 Å². The van der Waals surface area contributed by atoms with Gasteiger partial charge in [-0.3, -0.25) is 0 Å². The summed E-state index contributed by atoms with van der Waals surface area (Å²) in [5, 5.41) is 9.84. The van der Waals surface area contributed by atoms with Gasteiger partial charge in [0.15, 0.2) is 0 Å². The van der Waals surface area contributed by atoms with E-state index >= 15 is 0 Å². The van der Waals surface area contributed by atoms with E-state index < -0.39 is 5.60 Å². The maximum atomic E-state index is 9.84. The molecule has 4 nitrogen and oxygen atoms in total. The van der Waals surface area contributed by atoms with Crippen molar-refractivity contribution in [1.29, 1.82) is 0 Å². The number of aliphatic hydroxyl groups is 1. The van der Waals surface area contributed by atoms with Crippen molar-refractivity contribution >= 4 is 0 Å². The van der Waals surface area contributed by atoms with E-state index in [0.717, 1.165) is 25.3 Å². The monoisotopic (exact) mass is 257 g/mol. The Bertz CT molecular complexity index is 223. The normalized spacial score (nSPS) is 22.3. The smallest absolute Gasteiger partial charge is 0.0741 e. The van der Waals surface area contributed by atoms with E-state index in [1.54, 1.807) is 0 Å². The Hall–Kier alpha value is -0.160. The lowest BCUT2D eigenvalue weighted by Gasteiger charge is -2.33. The second kappa shape index (κ2) is 7.43. The molecule has 0 saturated carbocycles. The fourth-order valence-electron chi connectivity index (χ4n) is 2.69. The van der Waals surface area contributed by atoms with Gasteiger partial charge in [0.05, 0.1) is 5.60 Å². The molecule has 0 bridgehead atoms. The van der Waals surface area contributed by atoms with Crippen LogP contribution in [0.25, 0.3) is 0 Å². The minimum atomic E-state index is -0.677. The Labute approximate surface area is 112 Å². The van der Waals surface area contributed by atoms with Crippen molar-refractivity contribution in [1.82, 2.24) is 9.80 Å². The number of likely N-dealkylation sites (tertiary alicyclic amines) is 1. The van der Waals surface area contributed by atoms with E-state index in [1.165, 1.54) is 32.5 Å². The third-order valence-electron chi connectivity index (χ3n) is 3.96. The Morgan fingerprint density at radius 3 is 2.44 bits per heavy atom. The molecule has 4 heteroatoms. The van der Waals surface area contributed by atoms with Gasteiger partial charge in [0.1, 0.15) is 0 Å². The van der Waals surface area contributed by atoms with E-state index in [9.17, 15) is 5.11 Å². The van der Waals surface area contributed by atoms with Gasteiger partial charge in [-0.15, -0.1) is 0 Å². The second-order valence-electron chi connectivity index (χ2n) is 6.35. The van der Waals surface area contributed by atoms with Crippen LogP contribution in [0.2, 0.25) is 0 Å². The first-order valence-corrected chi connectivity index (χ1v) is 7.22. The molecule has 0 aromatic rings. The van der Waals surface area contributed by atoms with Crippen LogP contribution in [0, 0.1) is 5.92 Å². The minimum Gasteiger partial charge on any atom is -0.389 e. The van der Waals surface area contributed by atoms with Crippen molar-refractivity contribution in [2.45, 2.75) is 38.2 Å². The number of piperidine rings is 1. The van der Waals surface area contributed by atoms with Crippen molar-refractivity contribution in [2.75, 3.05) is 46.8 Å². The molecule has 0 aromatic heterocycles. The van der Waals surface area contributed by atoms with Crippen LogP contribution in [-0.2, 0) is 0 Å². The first-order chi connectivity index (χ1) is 8.43. The molecule has 1 saturated heterocycles. The average Bonchev–Trinajstić information content (AvgIpc) is 2.30. The Morgan fingerprint density at radius 2 is 1.94 bits per heavy atom. The molecule has 0 aromatic carbocycles. The minimum absolute atomic E-state index is 0.359. The summed E-state index contributed by atoms with van der Waals surface area (Å²) in [6, 6.07) is 0. The number of hydrogen-bond donors (Lipinski definition) is 2. The van der Waals surface area contributed by atoms with Crippen molar-refractivity contribution in [2.24, 2.45) is 11.7 Å². The first-order valence-electron chi connectivity index (χ1n) is 7.22. The van der Waals surface area contributed by atoms with E-state index in [-0.39, 0.29) is 0 Å². The quantitative estimate of drug-likeness (QED) is 0.707. The van der Waals surface area contributed by atoms with Gasteiger partial charge in [-0.05, 0) is 72.3 Å². The lowest BCUT2D eigenvalue weighted by Crippen LogP contribution is -2.39. The van der Waals surface area contributed by atoms with Gasteiger partial charge in [-0.25, -0.2) is 0 Å². The maximum Gasteiger partial charge on any atom is 0.0741 e. The van der Waals surface area contributed by atoms with Gasteiger partial charge in [0.2, 0.25) is 0 Å². The van der Waals surface area contributed by atoms with Crippen LogP contribution < -0.4 is 5.73 Å². The SMILES string of the molecule is CN(C)CC1CCN(CCCC(C)(O)CN)CC1. The Kier molecular flexibility index (Phi) is 6.57. The fourth-order valence-corrected chi connectivity index (χ4v) is 2.69. The summed E-state index contributed by atoms with van der Waals surface area (Å²) in [6.45, 7) is 6.93. The van der Waals surface area contributed by atoms with Crippen molar-refractivity contribution in [3.8, 4) is 0 Å². The molecule has 1 heterocycles. The van der Waals surface area contributed by atoms with Gasteiger partial charge in [-0.2, -0.15) is 0 Å². The van der Waals surface area contributed by atoms with Crippen LogP contribution in [-0.4, -0.2) is 67.3 Å². The van der Waals surface area contributed by atoms with Gasteiger partial charge >= 0.3 is 0 Å². The molecular weight excluding hydrogens is 226 g/mol. The molecule has 1 aliphatic heterocycles. The number of nitrogens with two attached hydrogens (primary N) is 1. The molecule has 3 N–H and O–H groups in total. The molecule has 1 aliphatic rings. The number of rotatable bonds is 7. The molecule has 1 unspecified atom stereocenters. The summed E-state index contributed by atoms with van der Waals surface area (Å²) in [5.74, 6) is 0.864. The summed E-state index contributed by atoms with van der Waals surface area (Å²) in [6.07, 6.45) is 4.47. The van der Waals surface area contributed by atoms with Crippen molar-refractivity contribution < 1.29 is 5.11 Å². The average molecular weight is 257 g/mol. The third kappa shape index (κ3) is 6.14. The highest BCUT2D eigenvalue weighted by molar-refractivity contribution is 4.76. The molecule has 1 atom stereocenters. The highest BCUT2D eigenvalue weighted by atomic mass is 16.3. The molecule has 0 amide bonds. The van der Waals surface area contributed by atoms with E-state index in [2.05, 4.69) is 23.9 Å². The zero-order chi connectivity index (χ0) is 13.6. The topological polar surface area (TPSA) is 52.7 Å². The largest absolute Gasteiger partial charge is 0.389 e. The summed E-state index contributed by atoms with van der Waals surface area (Å²) in [4.78, 5) is 4.82. The molecule has 0 radical (unpaired) electrons. The van der Waals surface area contributed by atoms with E-state index in [4.69, 9.17) is 5.73 Å². The fraction of sp³-hybridized carbons (Fsp3) is 1.00. The summed E-state index contributed by atoms with van der Waals surface area (Å²) >= 11 is 0. The van der Waals surface area contributed by atoms with Crippen LogP contribution in [0.15, 0.2) is 0 Å². The first kappa shape index (κ1) is 15.9. The van der Waals surface area contributed by atoms with Gasteiger partial charge in [-0.1, -0.05) is 0 Å². The molecule has 0 spiro atoms. The van der Waals surface area contributed by atoms with Crippen LogP contribution in [0.1, 0.15) is 32.6 Å². The lowest BCUT2D eigenvalue weighted by atomic mass is 9.95. The predicted molar refractivity (Wildman–Crippen MR) is 76.6 cm³/mol. The van der Waals surface area contributed by atoms with Crippen molar-refractivity contribution in [3.63, 3.8) is 0 Å². The zero-order valence-corrected chi connectivity index (χ0v) is 12.4. The van der Waals surface area contributed by atoms with E-state index in [0.29, 0.717) is 6.54 Å². The molecular formula is C14H31N3O. The standard InChI is InChI=1S/C14H31N3O/c1-14(18,12-15)7-4-8-17-9-5-13(6-10-17)11-16(2)3/h13,18H,4-12,15H2,1-3H3. The summed E-state index contributed by atoms with van der Waals surface area (Å²) in [5.41, 5.74) is 4.84. The Balaban J connectivity index is 2.12. The summed E-state index contributed by atoms with van der Waals surface area (Å²) < 4.78 is 0. The number of nitrogens with zero attached hydrogens (tertiary/aromatic N) is 2. The third-order valence-corrected chi connectivity index (χ3v) is 3.96. The predicted octanol–water partition coefficient (Wildman–Crippen LogP) is 0.750. The van der Waals surface area contributed by atoms with Gasteiger partial charge < -0.3 is 20.6 Å². The highest BCUT2D eigenvalue weighted by Crippen LogP contribution is 2.19. The molecule has 1 rings (SSSR count). The highest BCUT2D eigenvalue weighted by Gasteiger charge is 2.21.